The van der Waals surface area contributed by atoms with Crippen molar-refractivity contribution in [3.05, 3.63) is 36.4 Å². The molecule has 0 aromatic heterocycles. The molecule has 2 aromatic rings. The van der Waals surface area contributed by atoms with Crippen LogP contribution >= 0.6 is 24.6 Å². The molecule has 2 N–H and O–H groups in total. The van der Waals surface area contributed by atoms with E-state index in [1.165, 1.54) is 0 Å². The Morgan fingerprint density at radius 2 is 2.12 bits per heavy atom. The Morgan fingerprint density at radius 3 is 2.76 bits per heavy atom. The number of urea groups is 1. The van der Waals surface area contributed by atoms with Crippen molar-refractivity contribution < 1.29 is 13.2 Å². The van der Waals surface area contributed by atoms with Crippen LogP contribution in [0.25, 0.3) is 10.8 Å². The molecule has 0 spiro atoms. The van der Waals surface area contributed by atoms with Crippen LogP contribution in [0.4, 0.5) is 10.5 Å². The number of nitrogens with two attached hydrogens (primary N) is 1. The van der Waals surface area contributed by atoms with Crippen molar-refractivity contribution in [2.45, 2.75) is 22.6 Å². The first-order valence-electron chi connectivity index (χ1n) is 7.82. The first kappa shape index (κ1) is 17.0. The van der Waals surface area contributed by atoms with Gasteiger partial charge in [-0.2, -0.15) is 16.1 Å². The summed E-state index contributed by atoms with van der Waals surface area (Å²) in [6.07, 6.45) is 0.939. The van der Waals surface area contributed by atoms with Crippen LogP contribution in [-0.2, 0) is 10.0 Å². The van der Waals surface area contributed by atoms with E-state index in [4.69, 9.17) is 5.73 Å². The zero-order valence-electron chi connectivity index (χ0n) is 13.2. The molecule has 2 aliphatic heterocycles. The van der Waals surface area contributed by atoms with E-state index in [9.17, 15) is 13.2 Å². The van der Waals surface area contributed by atoms with E-state index >= 15 is 0 Å². The maximum Gasteiger partial charge on any atom is 0.329 e. The molecule has 2 unspecified atom stereocenters. The van der Waals surface area contributed by atoms with Gasteiger partial charge in [-0.05, 0) is 30.0 Å². The number of thiol groups is 1. The van der Waals surface area contributed by atoms with Crippen LogP contribution in [0.5, 0.6) is 0 Å². The van der Waals surface area contributed by atoms with Gasteiger partial charge in [0.25, 0.3) is 0 Å². The van der Waals surface area contributed by atoms with Crippen LogP contribution < -0.4 is 10.0 Å². The summed E-state index contributed by atoms with van der Waals surface area (Å²) in [6.45, 7) is 0.585. The van der Waals surface area contributed by atoms with Crippen molar-refractivity contribution in [3.8, 4) is 0 Å². The predicted molar refractivity (Wildman–Crippen MR) is 104 cm³/mol. The van der Waals surface area contributed by atoms with Gasteiger partial charge in [-0.3, -0.25) is 0 Å². The van der Waals surface area contributed by atoms with Crippen LogP contribution in [0.3, 0.4) is 0 Å². The summed E-state index contributed by atoms with van der Waals surface area (Å²) >= 11 is 5.96. The summed E-state index contributed by atoms with van der Waals surface area (Å²) in [4.78, 5) is 11.7. The molecule has 2 fully saturated rings. The van der Waals surface area contributed by atoms with Crippen molar-refractivity contribution in [3.63, 3.8) is 0 Å². The molecule has 132 valence electrons. The van der Waals surface area contributed by atoms with E-state index in [1.807, 2.05) is 17.8 Å². The van der Waals surface area contributed by atoms with Gasteiger partial charge in [-0.1, -0.05) is 31.0 Å². The number of carbonyl (C=O) groups is 1. The molecule has 4 rings (SSSR count). The number of rotatable bonds is 3. The van der Waals surface area contributed by atoms with Gasteiger partial charge in [0, 0.05) is 29.0 Å². The van der Waals surface area contributed by atoms with E-state index in [0.717, 1.165) is 21.9 Å². The van der Waals surface area contributed by atoms with Crippen molar-refractivity contribution in [1.29, 1.82) is 0 Å². The van der Waals surface area contributed by atoms with Gasteiger partial charge in [-0.25, -0.2) is 17.5 Å². The number of amides is 2. The lowest BCUT2D eigenvalue weighted by Gasteiger charge is -2.26. The van der Waals surface area contributed by atoms with Gasteiger partial charge in [-0.15, -0.1) is 0 Å². The van der Waals surface area contributed by atoms with E-state index in [0.29, 0.717) is 22.9 Å². The maximum atomic E-state index is 13.0. The third-order valence-corrected chi connectivity index (χ3v) is 8.44. The van der Waals surface area contributed by atoms with Crippen LogP contribution in [0.15, 0.2) is 41.3 Å². The van der Waals surface area contributed by atoms with Crippen LogP contribution in [0.1, 0.15) is 6.42 Å². The van der Waals surface area contributed by atoms with E-state index < -0.39 is 16.1 Å². The van der Waals surface area contributed by atoms with Crippen LogP contribution in [-0.4, -0.2) is 42.3 Å². The van der Waals surface area contributed by atoms with Gasteiger partial charge in [0.1, 0.15) is 0 Å². The van der Waals surface area contributed by atoms with Gasteiger partial charge >= 0.3 is 6.03 Å². The zero-order chi connectivity index (χ0) is 17.8. The molecular weight excluding hydrogens is 378 g/mol. The Labute approximate surface area is 155 Å². The lowest BCUT2D eigenvalue weighted by Crippen LogP contribution is -2.39. The Kier molecular flexibility index (Phi) is 4.14. The number of fused-ring (bicyclic) bond motifs is 3. The molecule has 2 saturated heterocycles. The number of primary amides is 1. The first-order valence-corrected chi connectivity index (χ1v) is 10.7. The molecular formula is C16H17N3O3S3. The molecule has 2 atom stereocenters. The smallest absolute Gasteiger partial charge is 0.329 e. The third kappa shape index (κ3) is 2.79. The highest BCUT2D eigenvalue weighted by atomic mass is 32.2. The molecule has 2 amide bonds. The molecule has 0 aliphatic carbocycles. The number of hydrogen-bond donors (Lipinski definition) is 2. The number of sulfonamides is 1. The molecule has 2 heterocycles. The fraction of sp³-hybridized carbons (Fsp3) is 0.312. The second-order valence-electron chi connectivity index (χ2n) is 6.23. The number of carbonyl (C=O) groups excluding carboxylic acids is 1. The average Bonchev–Trinajstić information content (AvgIpc) is 3.23. The van der Waals surface area contributed by atoms with Gasteiger partial charge in [0.15, 0.2) is 0 Å². The van der Waals surface area contributed by atoms with Crippen LogP contribution in [0.2, 0.25) is 0 Å². The Morgan fingerprint density at radius 1 is 1.32 bits per heavy atom. The predicted octanol–water partition coefficient (Wildman–Crippen LogP) is 2.45. The summed E-state index contributed by atoms with van der Waals surface area (Å²) in [5.41, 5.74) is 5.80. The largest absolute Gasteiger partial charge is 0.350 e. The highest BCUT2D eigenvalue weighted by Crippen LogP contribution is 2.41. The minimum absolute atomic E-state index is 0.102. The van der Waals surface area contributed by atoms with E-state index in [2.05, 4.69) is 12.8 Å². The fourth-order valence-electron chi connectivity index (χ4n) is 3.50. The van der Waals surface area contributed by atoms with Crippen LogP contribution in [0, 0.1) is 0 Å². The highest BCUT2D eigenvalue weighted by molar-refractivity contribution is 8.00. The third-order valence-electron chi connectivity index (χ3n) is 4.72. The maximum absolute atomic E-state index is 13.0. The summed E-state index contributed by atoms with van der Waals surface area (Å²) in [5.74, 6) is 0.870. The van der Waals surface area contributed by atoms with Crippen molar-refractivity contribution in [1.82, 2.24) is 4.31 Å². The number of thioether (sulfide) groups is 1. The molecule has 2 aliphatic rings. The lowest BCUT2D eigenvalue weighted by molar-refractivity contribution is 0.257. The zero-order valence-corrected chi connectivity index (χ0v) is 15.7. The minimum atomic E-state index is -3.51. The summed E-state index contributed by atoms with van der Waals surface area (Å²) in [5, 5.41) is 1.85. The van der Waals surface area contributed by atoms with E-state index in [-0.39, 0.29) is 10.9 Å². The summed E-state index contributed by atoms with van der Waals surface area (Å²) in [7, 11) is -3.51. The first-order chi connectivity index (χ1) is 11.9. The SMILES string of the molecule is NC(=O)N(S)c1cccc2cc(S(=O)(=O)N3CC4CC3CS4)ccc12. The molecule has 0 radical (unpaired) electrons. The molecule has 6 nitrogen and oxygen atoms in total. The molecule has 0 saturated carbocycles. The molecule has 2 bridgehead atoms. The van der Waals surface area contributed by atoms with Gasteiger partial charge in [0.05, 0.1) is 10.6 Å². The standard InChI is InChI=1S/C16H17N3O3S3/c17-16(20)19(23)15-3-1-2-10-6-13(4-5-14(10)15)25(21,22)18-8-12-7-11(18)9-24-12/h1-6,11-12,23H,7-9H2,(H2,17,20). The summed E-state index contributed by atoms with van der Waals surface area (Å²) in [6, 6.07) is 9.61. The van der Waals surface area contributed by atoms with Crippen molar-refractivity contribution >= 4 is 57.1 Å². The molecule has 2 aromatic carbocycles. The fourth-order valence-corrected chi connectivity index (χ4v) is 7.02. The van der Waals surface area contributed by atoms with Gasteiger partial charge in [0.2, 0.25) is 10.0 Å². The number of hydrogen-bond acceptors (Lipinski definition) is 5. The summed E-state index contributed by atoms with van der Waals surface area (Å²) < 4.78 is 28.7. The molecule has 25 heavy (non-hydrogen) atoms. The monoisotopic (exact) mass is 395 g/mol. The Hall–Kier alpha value is -1.42. The topological polar surface area (TPSA) is 83.7 Å². The average molecular weight is 396 g/mol. The number of benzene rings is 2. The van der Waals surface area contributed by atoms with Gasteiger partial charge < -0.3 is 5.73 Å². The van der Waals surface area contributed by atoms with Crippen molar-refractivity contribution in [2.75, 3.05) is 16.6 Å². The lowest BCUT2D eigenvalue weighted by atomic mass is 10.1. The normalized spacial score (nSPS) is 23.2. The van der Waals surface area contributed by atoms with Crippen molar-refractivity contribution in [2.24, 2.45) is 5.73 Å². The van der Waals surface area contributed by atoms with E-state index in [1.54, 1.807) is 34.6 Å². The minimum Gasteiger partial charge on any atom is -0.350 e. The quantitative estimate of drug-likeness (QED) is 0.782. The molecule has 9 heteroatoms. The second-order valence-corrected chi connectivity index (χ2v) is 9.85. The number of anilines is 1. The second kappa shape index (κ2) is 6.08. The Bertz CT molecular complexity index is 963. The number of nitrogens with zero attached hydrogens (tertiary/aromatic N) is 2. The highest BCUT2D eigenvalue weighted by Gasteiger charge is 2.44. The Balaban J connectivity index is 1.76.